The highest BCUT2D eigenvalue weighted by atomic mass is 19.1. The van der Waals surface area contributed by atoms with Gasteiger partial charge in [0.15, 0.2) is 6.19 Å². The molecule has 1 aromatic carbocycles. The third kappa shape index (κ3) is 2.12. The van der Waals surface area contributed by atoms with Gasteiger partial charge in [0, 0.05) is 11.8 Å². The first-order valence-electron chi connectivity index (χ1n) is 4.53. The molecule has 16 heavy (non-hydrogen) atoms. The molecule has 0 bridgehead atoms. The van der Waals surface area contributed by atoms with Crippen LogP contribution in [-0.2, 0) is 0 Å². The molecule has 0 aliphatic rings. The molecule has 0 radical (unpaired) electrons. The average Bonchev–Trinajstić information content (AvgIpc) is 2.31. The minimum atomic E-state index is -0.298. The predicted octanol–water partition coefficient (Wildman–Crippen LogP) is 2.18. The van der Waals surface area contributed by atoms with Gasteiger partial charge in [-0.25, -0.2) is 14.4 Å². The van der Waals surface area contributed by atoms with Crippen molar-refractivity contribution in [3.8, 4) is 17.5 Å². The molecule has 2 rings (SSSR count). The van der Waals surface area contributed by atoms with Crippen molar-refractivity contribution >= 4 is 5.95 Å². The molecule has 0 saturated heterocycles. The summed E-state index contributed by atoms with van der Waals surface area (Å²) in [6.45, 7) is 0. The van der Waals surface area contributed by atoms with E-state index in [4.69, 9.17) is 5.26 Å². The van der Waals surface area contributed by atoms with Crippen LogP contribution < -0.4 is 5.32 Å². The van der Waals surface area contributed by atoms with E-state index in [1.54, 1.807) is 24.4 Å². The molecule has 0 fully saturated rings. The van der Waals surface area contributed by atoms with E-state index < -0.39 is 0 Å². The summed E-state index contributed by atoms with van der Waals surface area (Å²) in [6.07, 6.45) is 3.27. The smallest absolute Gasteiger partial charge is 0.236 e. The minimum absolute atomic E-state index is 0.226. The molecule has 1 N–H and O–H groups in total. The standard InChI is InChI=1S/C11H7FN4/c12-9-3-1-8(2-4-9)10-5-6-14-11(16-10)15-7-13/h1-6H,(H,14,15,16). The van der Waals surface area contributed by atoms with E-state index in [0.29, 0.717) is 5.69 Å². The highest BCUT2D eigenvalue weighted by molar-refractivity contribution is 5.59. The number of nitriles is 1. The zero-order valence-electron chi connectivity index (χ0n) is 8.18. The van der Waals surface area contributed by atoms with Crippen LogP contribution in [0.5, 0.6) is 0 Å². The van der Waals surface area contributed by atoms with Crippen molar-refractivity contribution in [1.82, 2.24) is 9.97 Å². The number of nitrogens with one attached hydrogen (secondary N) is 1. The van der Waals surface area contributed by atoms with Gasteiger partial charge in [-0.15, -0.1) is 0 Å². The quantitative estimate of drug-likeness (QED) is 0.614. The molecule has 0 amide bonds. The summed E-state index contributed by atoms with van der Waals surface area (Å²) in [6, 6.07) is 7.64. The van der Waals surface area contributed by atoms with Crippen LogP contribution in [0.15, 0.2) is 36.5 Å². The minimum Gasteiger partial charge on any atom is -0.261 e. The van der Waals surface area contributed by atoms with Crippen molar-refractivity contribution in [2.24, 2.45) is 0 Å². The van der Waals surface area contributed by atoms with Crippen molar-refractivity contribution in [2.75, 3.05) is 5.32 Å². The SMILES string of the molecule is N#CNc1nccc(-c2ccc(F)cc2)n1. The molecule has 5 heteroatoms. The molecule has 78 valence electrons. The second-order valence-electron chi connectivity index (χ2n) is 3.01. The van der Waals surface area contributed by atoms with Gasteiger partial charge in [-0.05, 0) is 30.3 Å². The van der Waals surface area contributed by atoms with Gasteiger partial charge in [-0.2, -0.15) is 5.26 Å². The number of rotatable bonds is 2. The first-order chi connectivity index (χ1) is 7.79. The van der Waals surface area contributed by atoms with Gasteiger partial charge in [-0.3, -0.25) is 5.32 Å². The number of anilines is 1. The molecule has 0 spiro atoms. The Balaban J connectivity index is 2.37. The number of nitrogens with zero attached hydrogens (tertiary/aromatic N) is 3. The van der Waals surface area contributed by atoms with Crippen molar-refractivity contribution in [2.45, 2.75) is 0 Å². The summed E-state index contributed by atoms with van der Waals surface area (Å²) < 4.78 is 12.7. The molecule has 0 atom stereocenters. The number of benzene rings is 1. The van der Waals surface area contributed by atoms with E-state index >= 15 is 0 Å². The Morgan fingerprint density at radius 3 is 2.62 bits per heavy atom. The lowest BCUT2D eigenvalue weighted by atomic mass is 10.1. The van der Waals surface area contributed by atoms with E-state index in [2.05, 4.69) is 15.3 Å². The van der Waals surface area contributed by atoms with Gasteiger partial charge in [-0.1, -0.05) is 0 Å². The number of hydrogen-bond donors (Lipinski definition) is 1. The van der Waals surface area contributed by atoms with E-state index in [9.17, 15) is 4.39 Å². The molecule has 2 aromatic rings. The first-order valence-corrected chi connectivity index (χ1v) is 4.53. The van der Waals surface area contributed by atoms with E-state index in [-0.39, 0.29) is 11.8 Å². The zero-order chi connectivity index (χ0) is 11.4. The monoisotopic (exact) mass is 214 g/mol. The van der Waals surface area contributed by atoms with Crippen molar-refractivity contribution in [3.63, 3.8) is 0 Å². The van der Waals surface area contributed by atoms with Crippen molar-refractivity contribution < 1.29 is 4.39 Å². The highest BCUT2D eigenvalue weighted by Crippen LogP contribution is 2.17. The zero-order valence-corrected chi connectivity index (χ0v) is 8.18. The third-order valence-corrected chi connectivity index (χ3v) is 1.96. The molecule has 0 saturated carbocycles. The first kappa shape index (κ1) is 10.1. The van der Waals surface area contributed by atoms with Gasteiger partial charge in [0.25, 0.3) is 0 Å². The van der Waals surface area contributed by atoms with Crippen LogP contribution in [0.3, 0.4) is 0 Å². The lowest BCUT2D eigenvalue weighted by Crippen LogP contribution is -1.96. The maximum Gasteiger partial charge on any atom is 0.236 e. The summed E-state index contributed by atoms with van der Waals surface area (Å²) in [7, 11) is 0. The highest BCUT2D eigenvalue weighted by Gasteiger charge is 2.01. The Labute approximate surface area is 91.4 Å². The Morgan fingerprint density at radius 1 is 1.19 bits per heavy atom. The van der Waals surface area contributed by atoms with Crippen LogP contribution in [0.25, 0.3) is 11.3 Å². The number of halogens is 1. The van der Waals surface area contributed by atoms with Crippen LogP contribution in [0.2, 0.25) is 0 Å². The fourth-order valence-electron chi connectivity index (χ4n) is 1.25. The lowest BCUT2D eigenvalue weighted by Gasteiger charge is -2.01. The average molecular weight is 214 g/mol. The maximum absolute atomic E-state index is 12.7. The van der Waals surface area contributed by atoms with Crippen molar-refractivity contribution in [1.29, 1.82) is 5.26 Å². The summed E-state index contributed by atoms with van der Waals surface area (Å²) >= 11 is 0. The fourth-order valence-corrected chi connectivity index (χ4v) is 1.25. The molecule has 1 heterocycles. The molecule has 0 aliphatic carbocycles. The lowest BCUT2D eigenvalue weighted by molar-refractivity contribution is 0.628. The molecular formula is C11H7FN4. The molecule has 4 nitrogen and oxygen atoms in total. The van der Waals surface area contributed by atoms with Gasteiger partial charge in [0.2, 0.25) is 5.95 Å². The number of hydrogen-bond acceptors (Lipinski definition) is 4. The van der Waals surface area contributed by atoms with Gasteiger partial charge in [0.1, 0.15) is 5.82 Å². The summed E-state index contributed by atoms with van der Waals surface area (Å²) in [4.78, 5) is 7.95. The molecule has 1 aromatic heterocycles. The Kier molecular flexibility index (Phi) is 2.74. The maximum atomic E-state index is 12.7. The van der Waals surface area contributed by atoms with E-state index in [1.807, 2.05) is 0 Å². The second-order valence-corrected chi connectivity index (χ2v) is 3.01. The predicted molar refractivity (Wildman–Crippen MR) is 56.7 cm³/mol. The summed E-state index contributed by atoms with van der Waals surface area (Å²) in [5, 5.41) is 10.8. The molecule has 0 aliphatic heterocycles. The second kappa shape index (κ2) is 4.36. The summed E-state index contributed by atoms with van der Waals surface area (Å²) in [5.41, 5.74) is 1.40. The van der Waals surface area contributed by atoms with Crippen LogP contribution in [0.1, 0.15) is 0 Å². The van der Waals surface area contributed by atoms with E-state index in [1.165, 1.54) is 18.3 Å². The van der Waals surface area contributed by atoms with Crippen LogP contribution in [-0.4, -0.2) is 9.97 Å². The topological polar surface area (TPSA) is 61.6 Å². The van der Waals surface area contributed by atoms with Gasteiger partial charge < -0.3 is 0 Å². The van der Waals surface area contributed by atoms with Crippen LogP contribution in [0.4, 0.5) is 10.3 Å². The Morgan fingerprint density at radius 2 is 1.94 bits per heavy atom. The van der Waals surface area contributed by atoms with Crippen molar-refractivity contribution in [3.05, 3.63) is 42.3 Å². The van der Waals surface area contributed by atoms with Gasteiger partial charge >= 0.3 is 0 Å². The van der Waals surface area contributed by atoms with Crippen LogP contribution in [0, 0.1) is 17.3 Å². The normalized spacial score (nSPS) is 9.50. The fraction of sp³-hybridized carbons (Fsp3) is 0. The Hall–Kier alpha value is -2.48. The third-order valence-electron chi connectivity index (χ3n) is 1.96. The largest absolute Gasteiger partial charge is 0.261 e. The number of aromatic nitrogens is 2. The molecular weight excluding hydrogens is 207 g/mol. The summed E-state index contributed by atoms with van der Waals surface area (Å²) in [5.74, 6) is -0.0718. The van der Waals surface area contributed by atoms with E-state index in [0.717, 1.165) is 5.56 Å². The van der Waals surface area contributed by atoms with Gasteiger partial charge in [0.05, 0.1) is 5.69 Å². The molecule has 0 unspecified atom stereocenters. The van der Waals surface area contributed by atoms with Crippen LogP contribution >= 0.6 is 0 Å². The Bertz CT molecular complexity index is 530.